The van der Waals surface area contributed by atoms with Gasteiger partial charge in [0.15, 0.2) is 0 Å². The molecule has 0 aliphatic carbocycles. The molecule has 1 N–H and O–H groups in total. The van der Waals surface area contributed by atoms with Crippen molar-refractivity contribution in [2.45, 2.75) is 11.0 Å². The standard InChI is InChI=1S/C3H7INO.Tm/c1-3(4-2)6-5;/h3,5H,2H2,1H3;/q-1;. The first kappa shape index (κ1) is 11.5. The van der Waals surface area contributed by atoms with Crippen LogP contribution in [-0.2, 0) is 4.84 Å². The second-order valence-corrected chi connectivity index (χ2v) is 3.45. The Hall–Kier alpha value is 1.75. The van der Waals surface area contributed by atoms with Crippen LogP contribution in [0, 0.1) is 36.9 Å². The molecular weight excluding hydrogens is 362 g/mol. The molecule has 0 aromatic carbocycles. The van der Waals surface area contributed by atoms with Gasteiger partial charge in [0, 0.05) is 36.9 Å². The summed E-state index contributed by atoms with van der Waals surface area (Å²) in [6.07, 6.45) is 0. The maximum atomic E-state index is 6.30. The zero-order valence-electron chi connectivity index (χ0n) is 3.85. The fraction of sp³-hybridized carbons (Fsp3) is 0.667. The first-order valence-electron chi connectivity index (χ1n) is 1.50. The third-order valence-corrected chi connectivity index (χ3v) is 1.87. The summed E-state index contributed by atoms with van der Waals surface area (Å²) < 4.78 is 3.72. The minimum atomic E-state index is -0.115. The van der Waals surface area contributed by atoms with Gasteiger partial charge in [0.2, 0.25) is 0 Å². The Balaban J connectivity index is 0. The van der Waals surface area contributed by atoms with Crippen LogP contribution in [0.15, 0.2) is 0 Å². The molecule has 0 fully saturated rings. The normalized spacial score (nSPS) is 12.3. The molecule has 0 bridgehead atoms. The molecule has 0 aliphatic rings. The van der Waals surface area contributed by atoms with Crippen LogP contribution in [0.25, 0.3) is 5.90 Å². The van der Waals surface area contributed by atoms with Crippen molar-refractivity contribution in [3.8, 4) is 0 Å². The monoisotopic (exact) mass is 369 g/mol. The van der Waals surface area contributed by atoms with E-state index < -0.39 is 0 Å². The van der Waals surface area contributed by atoms with E-state index in [1.54, 1.807) is 0 Å². The van der Waals surface area contributed by atoms with E-state index >= 15 is 0 Å². The first-order chi connectivity index (χ1) is 2.81. The van der Waals surface area contributed by atoms with Crippen LogP contribution >= 0.6 is 20.7 Å². The summed E-state index contributed by atoms with van der Waals surface area (Å²) in [7, 11) is 0. The molecule has 0 spiro atoms. The van der Waals surface area contributed by atoms with Crippen LogP contribution in [-0.4, -0.2) is 8.63 Å². The van der Waals surface area contributed by atoms with E-state index in [-0.39, 0.29) is 61.7 Å². The fourth-order valence-electron chi connectivity index (χ4n) is 0.0315. The molecule has 0 aromatic rings. The summed E-state index contributed by atoms with van der Waals surface area (Å²) >= 11 is -0.115. The Bertz CT molecular complexity index is 52.2. The Labute approximate surface area is 82.7 Å². The molecule has 0 saturated heterocycles. The summed E-state index contributed by atoms with van der Waals surface area (Å²) in [6.45, 7) is 1.85. The Morgan fingerprint density at radius 1 is 1.86 bits per heavy atom. The zero-order chi connectivity index (χ0) is 4.99. The van der Waals surface area contributed by atoms with E-state index in [4.69, 9.17) is 5.90 Å². The quantitative estimate of drug-likeness (QED) is 0.415. The molecule has 0 rings (SSSR count). The fourth-order valence-corrected chi connectivity index (χ4v) is 0.211. The average molecular weight is 369 g/mol. The maximum Gasteiger partial charge on any atom is 0.0811 e. The van der Waals surface area contributed by atoms with Crippen molar-refractivity contribution in [2.75, 3.05) is 0 Å². The predicted octanol–water partition coefficient (Wildman–Crippen LogP) is 1.72. The van der Waals surface area contributed by atoms with Gasteiger partial charge in [-0.2, -0.15) is 0 Å². The van der Waals surface area contributed by atoms with Crippen molar-refractivity contribution in [1.29, 1.82) is 0 Å². The number of nitrogens with one attached hydrogen (secondary N) is 1. The largest absolute Gasteiger partial charge is 0.549 e. The summed E-state index contributed by atoms with van der Waals surface area (Å²) in [5.74, 6) is 6.30. The van der Waals surface area contributed by atoms with Gasteiger partial charge in [-0.3, -0.25) is 0 Å². The predicted molar refractivity (Wildman–Crippen MR) is 36.0 cm³/mol. The smallest absolute Gasteiger partial charge is 0.0811 e. The van der Waals surface area contributed by atoms with Gasteiger partial charge in [0.25, 0.3) is 0 Å². The maximum absolute atomic E-state index is 6.30. The number of rotatable bonds is 2. The van der Waals surface area contributed by atoms with Crippen molar-refractivity contribution >= 4 is 25.2 Å². The van der Waals surface area contributed by atoms with Gasteiger partial charge < -0.3 is 10.7 Å². The first-order valence-corrected chi connectivity index (χ1v) is 4.27. The molecule has 7 heavy (non-hydrogen) atoms. The van der Waals surface area contributed by atoms with Gasteiger partial charge in [-0.25, -0.2) is 0 Å². The van der Waals surface area contributed by atoms with Gasteiger partial charge in [0.1, 0.15) is 0 Å². The molecule has 51 valence electrons. The molecular formula is C3H7INOTm-. The van der Waals surface area contributed by atoms with Crippen LogP contribution in [0.4, 0.5) is 0 Å². The van der Waals surface area contributed by atoms with Crippen molar-refractivity contribution in [1.82, 2.24) is 0 Å². The number of hydrogen-bond acceptors (Lipinski definition) is 1. The van der Waals surface area contributed by atoms with Gasteiger partial charge >= 0.3 is 0 Å². The van der Waals surface area contributed by atoms with Gasteiger partial charge in [-0.05, 0) is 6.92 Å². The summed E-state index contributed by atoms with van der Waals surface area (Å²) in [5, 5.41) is 0. The second-order valence-electron chi connectivity index (χ2n) is 0.815. The zero-order valence-corrected chi connectivity index (χ0v) is 7.79. The summed E-state index contributed by atoms with van der Waals surface area (Å²) in [5.41, 5.74) is 0. The van der Waals surface area contributed by atoms with Gasteiger partial charge in [-0.15, -0.1) is 0 Å². The Morgan fingerprint density at radius 2 is 2.29 bits per heavy atom. The van der Waals surface area contributed by atoms with Crippen molar-refractivity contribution in [3.63, 3.8) is 0 Å². The average Bonchev–Trinajstić information content (AvgIpc) is 1.65. The van der Waals surface area contributed by atoms with E-state index in [2.05, 4.69) is 9.35 Å². The van der Waals surface area contributed by atoms with Crippen molar-refractivity contribution in [3.05, 3.63) is 5.90 Å². The summed E-state index contributed by atoms with van der Waals surface area (Å²) in [4.78, 5) is 4.14. The molecule has 0 aliphatic heterocycles. The molecule has 1 radical (unpaired) electrons. The number of halogens is 1. The van der Waals surface area contributed by atoms with Crippen molar-refractivity contribution < 1.29 is 41.7 Å². The number of hydrogen-bond donors (Lipinski definition) is 0. The summed E-state index contributed by atoms with van der Waals surface area (Å²) in [6, 6.07) is 0. The SMILES string of the molecule is C=IC(C)O[NH-].[Tm]. The molecule has 0 saturated carbocycles. The van der Waals surface area contributed by atoms with Gasteiger partial charge in [-0.1, -0.05) is 25.2 Å². The van der Waals surface area contributed by atoms with Crippen LogP contribution in [0.5, 0.6) is 0 Å². The third-order valence-electron chi connectivity index (χ3n) is 0.380. The van der Waals surface area contributed by atoms with Gasteiger partial charge in [0.05, 0.1) is 4.11 Å². The molecule has 1 atom stereocenters. The van der Waals surface area contributed by atoms with Crippen LogP contribution < -0.4 is 0 Å². The molecule has 2 nitrogen and oxygen atoms in total. The van der Waals surface area contributed by atoms with Crippen molar-refractivity contribution in [2.24, 2.45) is 0 Å². The van der Waals surface area contributed by atoms with Crippen LogP contribution in [0.3, 0.4) is 0 Å². The van der Waals surface area contributed by atoms with E-state index in [0.29, 0.717) is 0 Å². The molecule has 1 unspecified atom stereocenters. The molecule has 4 heteroatoms. The minimum Gasteiger partial charge on any atom is -0.549 e. The van der Waals surface area contributed by atoms with E-state index in [1.165, 1.54) is 0 Å². The Kier molecular flexibility index (Phi) is 12.8. The van der Waals surface area contributed by atoms with E-state index in [0.717, 1.165) is 0 Å². The van der Waals surface area contributed by atoms with Crippen LogP contribution in [0.2, 0.25) is 0 Å². The van der Waals surface area contributed by atoms with Crippen LogP contribution in [0.1, 0.15) is 6.92 Å². The topological polar surface area (TPSA) is 33.0 Å². The molecule has 0 heterocycles. The third kappa shape index (κ3) is 7.75. The Morgan fingerprint density at radius 3 is 2.29 bits per heavy atom. The van der Waals surface area contributed by atoms with E-state index in [9.17, 15) is 0 Å². The minimum absolute atomic E-state index is 0. The molecule has 0 aromatic heterocycles. The number of alkyl halides is 1. The van der Waals surface area contributed by atoms with E-state index in [1.807, 2.05) is 6.92 Å². The second kappa shape index (κ2) is 7.75. The molecule has 0 amide bonds.